The first kappa shape index (κ1) is 16.1. The SMILES string of the molecule is C[C@@H]1[C@H](C(=O)O)CCCN1Cc1ccc(Sc2ccccn2)o1. The maximum absolute atomic E-state index is 11.3. The number of hydrogen-bond acceptors (Lipinski definition) is 5. The first-order valence-corrected chi connectivity index (χ1v) is 8.59. The van der Waals surface area contributed by atoms with Gasteiger partial charge in [0.1, 0.15) is 10.8 Å². The van der Waals surface area contributed by atoms with E-state index in [-0.39, 0.29) is 12.0 Å². The number of nitrogens with zero attached hydrogens (tertiary/aromatic N) is 2. The van der Waals surface area contributed by atoms with Crippen LogP contribution in [0.25, 0.3) is 0 Å². The average molecular weight is 332 g/mol. The minimum Gasteiger partial charge on any atom is -0.481 e. The Morgan fingerprint density at radius 3 is 3.04 bits per heavy atom. The van der Waals surface area contributed by atoms with E-state index in [4.69, 9.17) is 4.42 Å². The lowest BCUT2D eigenvalue weighted by Gasteiger charge is -2.36. The van der Waals surface area contributed by atoms with Gasteiger partial charge in [0, 0.05) is 12.2 Å². The molecule has 0 spiro atoms. The number of furan rings is 1. The molecular formula is C17H20N2O3S. The molecular weight excluding hydrogens is 312 g/mol. The zero-order valence-corrected chi connectivity index (χ0v) is 13.8. The number of aromatic nitrogens is 1. The molecule has 5 nitrogen and oxygen atoms in total. The summed E-state index contributed by atoms with van der Waals surface area (Å²) in [5.74, 6) is -0.129. The summed E-state index contributed by atoms with van der Waals surface area (Å²) in [5.41, 5.74) is 0. The summed E-state index contributed by atoms with van der Waals surface area (Å²) in [6.07, 6.45) is 3.43. The van der Waals surface area contributed by atoms with Gasteiger partial charge >= 0.3 is 5.97 Å². The highest BCUT2D eigenvalue weighted by Crippen LogP contribution is 2.30. The van der Waals surface area contributed by atoms with Crippen molar-refractivity contribution in [3.05, 3.63) is 42.3 Å². The van der Waals surface area contributed by atoms with Crippen molar-refractivity contribution in [2.24, 2.45) is 5.92 Å². The third kappa shape index (κ3) is 3.95. The minimum absolute atomic E-state index is 0.0262. The average Bonchev–Trinajstić information content (AvgIpc) is 2.97. The molecule has 1 aliphatic heterocycles. The van der Waals surface area contributed by atoms with Gasteiger partial charge in [-0.25, -0.2) is 4.98 Å². The fourth-order valence-electron chi connectivity index (χ4n) is 2.98. The summed E-state index contributed by atoms with van der Waals surface area (Å²) >= 11 is 1.49. The van der Waals surface area contributed by atoms with E-state index >= 15 is 0 Å². The lowest BCUT2D eigenvalue weighted by atomic mass is 9.90. The predicted octanol–water partition coefficient (Wildman–Crippen LogP) is 3.51. The van der Waals surface area contributed by atoms with E-state index in [1.807, 2.05) is 37.3 Å². The van der Waals surface area contributed by atoms with E-state index in [9.17, 15) is 9.90 Å². The van der Waals surface area contributed by atoms with Gasteiger partial charge in [-0.3, -0.25) is 9.69 Å². The van der Waals surface area contributed by atoms with Gasteiger partial charge in [-0.05, 0) is 62.3 Å². The predicted molar refractivity (Wildman–Crippen MR) is 87.3 cm³/mol. The monoisotopic (exact) mass is 332 g/mol. The fraction of sp³-hybridized carbons (Fsp3) is 0.412. The van der Waals surface area contributed by atoms with Crippen LogP contribution in [0.5, 0.6) is 0 Å². The molecule has 3 rings (SSSR count). The van der Waals surface area contributed by atoms with Crippen molar-refractivity contribution < 1.29 is 14.3 Å². The van der Waals surface area contributed by atoms with Crippen LogP contribution in [-0.4, -0.2) is 33.5 Å². The summed E-state index contributed by atoms with van der Waals surface area (Å²) in [6.45, 7) is 3.55. The molecule has 3 heterocycles. The van der Waals surface area contributed by atoms with E-state index in [1.165, 1.54) is 11.8 Å². The summed E-state index contributed by atoms with van der Waals surface area (Å²) in [6, 6.07) is 9.70. The maximum atomic E-state index is 11.3. The van der Waals surface area contributed by atoms with Crippen molar-refractivity contribution in [2.45, 2.75) is 42.5 Å². The lowest BCUT2D eigenvalue weighted by Crippen LogP contribution is -2.45. The Bertz CT molecular complexity index is 659. The molecule has 0 radical (unpaired) electrons. The molecule has 23 heavy (non-hydrogen) atoms. The Morgan fingerprint density at radius 1 is 1.43 bits per heavy atom. The number of hydrogen-bond donors (Lipinski definition) is 1. The van der Waals surface area contributed by atoms with Crippen molar-refractivity contribution in [3.8, 4) is 0 Å². The van der Waals surface area contributed by atoms with E-state index in [0.717, 1.165) is 35.3 Å². The quantitative estimate of drug-likeness (QED) is 0.904. The molecule has 0 amide bonds. The molecule has 1 N–H and O–H groups in total. The number of rotatable bonds is 5. The van der Waals surface area contributed by atoms with Gasteiger partial charge in [0.2, 0.25) is 0 Å². The molecule has 0 aliphatic carbocycles. The Morgan fingerprint density at radius 2 is 2.30 bits per heavy atom. The van der Waals surface area contributed by atoms with Crippen LogP contribution < -0.4 is 0 Å². The third-order valence-electron chi connectivity index (χ3n) is 4.27. The largest absolute Gasteiger partial charge is 0.481 e. The second-order valence-corrected chi connectivity index (χ2v) is 6.81. The third-order valence-corrected chi connectivity index (χ3v) is 5.15. The number of carbonyl (C=O) groups is 1. The Balaban J connectivity index is 1.63. The lowest BCUT2D eigenvalue weighted by molar-refractivity contribution is -0.145. The van der Waals surface area contributed by atoms with Crippen molar-refractivity contribution in [2.75, 3.05) is 6.54 Å². The number of carboxylic acids is 1. The molecule has 0 unspecified atom stereocenters. The molecule has 122 valence electrons. The van der Waals surface area contributed by atoms with E-state index in [2.05, 4.69) is 9.88 Å². The maximum Gasteiger partial charge on any atom is 0.308 e. The number of piperidine rings is 1. The Labute approximate surface area is 139 Å². The highest BCUT2D eigenvalue weighted by molar-refractivity contribution is 7.99. The molecule has 1 aliphatic rings. The van der Waals surface area contributed by atoms with Crippen LogP contribution in [0.1, 0.15) is 25.5 Å². The number of carboxylic acid groups (broad SMARTS) is 1. The van der Waals surface area contributed by atoms with E-state index in [1.54, 1.807) is 6.20 Å². The zero-order chi connectivity index (χ0) is 16.2. The topological polar surface area (TPSA) is 66.6 Å². The molecule has 1 fully saturated rings. The van der Waals surface area contributed by atoms with Crippen molar-refractivity contribution in [3.63, 3.8) is 0 Å². The van der Waals surface area contributed by atoms with Crippen LogP contribution in [0.3, 0.4) is 0 Å². The first-order chi connectivity index (χ1) is 11.1. The summed E-state index contributed by atoms with van der Waals surface area (Å²) in [4.78, 5) is 17.8. The summed E-state index contributed by atoms with van der Waals surface area (Å²) in [5, 5.41) is 11.0. The summed E-state index contributed by atoms with van der Waals surface area (Å²) < 4.78 is 5.87. The van der Waals surface area contributed by atoms with Crippen molar-refractivity contribution in [1.29, 1.82) is 0 Å². The van der Waals surface area contributed by atoms with Crippen molar-refractivity contribution in [1.82, 2.24) is 9.88 Å². The number of pyridine rings is 1. The van der Waals surface area contributed by atoms with Crippen LogP contribution in [-0.2, 0) is 11.3 Å². The normalized spacial score (nSPS) is 22.1. The van der Waals surface area contributed by atoms with Gasteiger partial charge in [0.05, 0.1) is 12.5 Å². The molecule has 6 heteroatoms. The molecule has 0 aromatic carbocycles. The number of aliphatic carboxylic acids is 1. The molecule has 2 aromatic rings. The smallest absolute Gasteiger partial charge is 0.308 e. The zero-order valence-electron chi connectivity index (χ0n) is 13.0. The standard InChI is InChI=1S/C17H20N2O3S/c1-12-14(17(20)21)5-4-10-19(12)11-13-7-8-16(22-13)23-15-6-2-3-9-18-15/h2-3,6-9,12,14H,4-5,10-11H2,1H3,(H,20,21)/t12-,14-/m1/s1. The Kier molecular flexibility index (Phi) is 5.03. The van der Waals surface area contributed by atoms with Crippen LogP contribution in [0, 0.1) is 5.92 Å². The number of likely N-dealkylation sites (tertiary alicyclic amines) is 1. The molecule has 0 saturated carbocycles. The molecule has 1 saturated heterocycles. The highest BCUT2D eigenvalue weighted by Gasteiger charge is 2.33. The summed E-state index contributed by atoms with van der Waals surface area (Å²) in [7, 11) is 0. The molecule has 2 atom stereocenters. The van der Waals surface area contributed by atoms with Crippen LogP contribution in [0.15, 0.2) is 51.1 Å². The van der Waals surface area contributed by atoms with Gasteiger partial charge < -0.3 is 9.52 Å². The van der Waals surface area contributed by atoms with Gasteiger partial charge in [-0.2, -0.15) is 0 Å². The molecule has 0 bridgehead atoms. The second-order valence-electron chi connectivity index (χ2n) is 5.79. The molecule has 2 aromatic heterocycles. The van der Waals surface area contributed by atoms with Gasteiger partial charge in [-0.1, -0.05) is 6.07 Å². The van der Waals surface area contributed by atoms with Crippen LogP contribution in [0.2, 0.25) is 0 Å². The first-order valence-electron chi connectivity index (χ1n) is 7.78. The highest BCUT2D eigenvalue weighted by atomic mass is 32.2. The van der Waals surface area contributed by atoms with Crippen molar-refractivity contribution >= 4 is 17.7 Å². The second kappa shape index (κ2) is 7.19. The van der Waals surface area contributed by atoms with Gasteiger partial charge in [0.25, 0.3) is 0 Å². The van der Waals surface area contributed by atoms with E-state index < -0.39 is 5.97 Å². The van der Waals surface area contributed by atoms with Gasteiger partial charge in [-0.15, -0.1) is 0 Å². The minimum atomic E-state index is -0.701. The van der Waals surface area contributed by atoms with Crippen LogP contribution in [0.4, 0.5) is 0 Å². The fourth-order valence-corrected chi connectivity index (χ4v) is 3.73. The Hall–Kier alpha value is -1.79. The van der Waals surface area contributed by atoms with E-state index in [0.29, 0.717) is 6.54 Å². The van der Waals surface area contributed by atoms with Gasteiger partial charge in [0.15, 0.2) is 5.09 Å². The van der Waals surface area contributed by atoms with Crippen LogP contribution >= 0.6 is 11.8 Å².